The lowest BCUT2D eigenvalue weighted by molar-refractivity contribution is -0.119. The highest BCUT2D eigenvalue weighted by atomic mass is 16.5. The zero-order valence-corrected chi connectivity index (χ0v) is 18.4. The second-order valence-electron chi connectivity index (χ2n) is 7.69. The van der Waals surface area contributed by atoms with Crippen LogP contribution in [0.1, 0.15) is 35.3 Å². The molecule has 0 aliphatic carbocycles. The first-order valence-electron chi connectivity index (χ1n) is 10.7. The average Bonchev–Trinajstić information content (AvgIpc) is 2.81. The molecule has 2 amide bonds. The Bertz CT molecular complexity index is 1000. The summed E-state index contributed by atoms with van der Waals surface area (Å²) >= 11 is 0. The molecule has 32 heavy (non-hydrogen) atoms. The second kappa shape index (κ2) is 11.6. The summed E-state index contributed by atoms with van der Waals surface area (Å²) in [7, 11) is 0. The highest BCUT2D eigenvalue weighted by molar-refractivity contribution is 5.94. The van der Waals surface area contributed by atoms with Crippen LogP contribution in [-0.2, 0) is 17.9 Å². The molecule has 166 valence electrons. The predicted molar refractivity (Wildman–Crippen MR) is 127 cm³/mol. The Balaban J connectivity index is 1.39. The van der Waals surface area contributed by atoms with Crippen LogP contribution in [0.15, 0.2) is 78.9 Å². The molecule has 0 radical (unpaired) electrons. The van der Waals surface area contributed by atoms with Gasteiger partial charge in [-0.1, -0.05) is 42.5 Å². The SMILES string of the molecule is CC(C)Oc1ccc(CNC(=O)CNc2ccc(C(=O)NCc3ccccc3)cc2)cc1. The van der Waals surface area contributed by atoms with E-state index >= 15 is 0 Å². The normalized spacial score (nSPS) is 10.5. The van der Waals surface area contributed by atoms with Gasteiger partial charge in [-0.2, -0.15) is 0 Å². The molecular weight excluding hydrogens is 402 g/mol. The van der Waals surface area contributed by atoms with E-state index in [0.29, 0.717) is 18.7 Å². The van der Waals surface area contributed by atoms with Crippen LogP contribution in [0.5, 0.6) is 5.75 Å². The first kappa shape index (κ1) is 22.9. The Morgan fingerprint density at radius 2 is 1.41 bits per heavy atom. The molecule has 3 aromatic carbocycles. The third kappa shape index (κ3) is 7.47. The fraction of sp³-hybridized carbons (Fsp3) is 0.231. The van der Waals surface area contributed by atoms with Gasteiger partial charge in [-0.05, 0) is 61.4 Å². The molecule has 0 heterocycles. The minimum absolute atomic E-state index is 0.114. The van der Waals surface area contributed by atoms with Gasteiger partial charge >= 0.3 is 0 Å². The maximum Gasteiger partial charge on any atom is 0.251 e. The van der Waals surface area contributed by atoms with E-state index in [1.165, 1.54) is 0 Å². The van der Waals surface area contributed by atoms with Crippen molar-refractivity contribution in [2.24, 2.45) is 0 Å². The smallest absolute Gasteiger partial charge is 0.251 e. The molecule has 0 aliphatic heterocycles. The Kier molecular flexibility index (Phi) is 8.26. The standard InChI is InChI=1S/C26H29N3O3/c1-19(2)32-24-14-8-21(9-15-24)16-28-25(30)18-27-23-12-10-22(11-13-23)26(31)29-17-20-6-4-3-5-7-20/h3-15,19,27H,16-18H2,1-2H3,(H,28,30)(H,29,31). The summed E-state index contributed by atoms with van der Waals surface area (Å²) in [6.07, 6.45) is 0.129. The van der Waals surface area contributed by atoms with Gasteiger partial charge < -0.3 is 20.7 Å². The lowest BCUT2D eigenvalue weighted by Crippen LogP contribution is -2.29. The number of benzene rings is 3. The van der Waals surface area contributed by atoms with Crippen molar-refractivity contribution >= 4 is 17.5 Å². The summed E-state index contributed by atoms with van der Waals surface area (Å²) in [5, 5.41) is 8.86. The summed E-state index contributed by atoms with van der Waals surface area (Å²) < 4.78 is 5.62. The second-order valence-corrected chi connectivity index (χ2v) is 7.69. The zero-order valence-electron chi connectivity index (χ0n) is 18.4. The van der Waals surface area contributed by atoms with Crippen LogP contribution in [0.3, 0.4) is 0 Å². The van der Waals surface area contributed by atoms with Crippen molar-refractivity contribution in [1.29, 1.82) is 0 Å². The van der Waals surface area contributed by atoms with Gasteiger partial charge in [-0.15, -0.1) is 0 Å². The number of carbonyl (C=O) groups is 2. The molecular formula is C26H29N3O3. The maximum atomic E-state index is 12.3. The molecule has 0 fully saturated rings. The average molecular weight is 432 g/mol. The van der Waals surface area contributed by atoms with E-state index in [0.717, 1.165) is 22.6 Å². The zero-order chi connectivity index (χ0) is 22.8. The summed E-state index contributed by atoms with van der Waals surface area (Å²) in [6, 6.07) is 24.5. The summed E-state index contributed by atoms with van der Waals surface area (Å²) in [5.41, 5.74) is 3.39. The number of carbonyl (C=O) groups excluding carboxylic acids is 2. The van der Waals surface area contributed by atoms with Crippen molar-refractivity contribution in [1.82, 2.24) is 10.6 Å². The van der Waals surface area contributed by atoms with Gasteiger partial charge in [-0.25, -0.2) is 0 Å². The van der Waals surface area contributed by atoms with Crippen molar-refractivity contribution in [2.75, 3.05) is 11.9 Å². The largest absolute Gasteiger partial charge is 0.491 e. The molecule has 3 aromatic rings. The van der Waals surface area contributed by atoms with Gasteiger partial charge in [0.05, 0.1) is 12.6 Å². The number of nitrogens with one attached hydrogen (secondary N) is 3. The van der Waals surface area contributed by atoms with Gasteiger partial charge in [0.25, 0.3) is 5.91 Å². The highest BCUT2D eigenvalue weighted by Crippen LogP contribution is 2.14. The van der Waals surface area contributed by atoms with Gasteiger partial charge in [0.1, 0.15) is 5.75 Å². The van der Waals surface area contributed by atoms with Crippen molar-refractivity contribution in [3.63, 3.8) is 0 Å². The molecule has 0 unspecified atom stereocenters. The van der Waals surface area contributed by atoms with Crippen LogP contribution in [-0.4, -0.2) is 24.5 Å². The maximum absolute atomic E-state index is 12.3. The van der Waals surface area contributed by atoms with Crippen LogP contribution in [0.4, 0.5) is 5.69 Å². The number of rotatable bonds is 10. The molecule has 0 aliphatic rings. The Hall–Kier alpha value is -3.80. The third-order valence-electron chi connectivity index (χ3n) is 4.68. The highest BCUT2D eigenvalue weighted by Gasteiger charge is 2.06. The van der Waals surface area contributed by atoms with Gasteiger partial charge in [0.15, 0.2) is 0 Å². The number of amides is 2. The van der Waals surface area contributed by atoms with E-state index in [4.69, 9.17) is 4.74 Å². The third-order valence-corrected chi connectivity index (χ3v) is 4.68. The van der Waals surface area contributed by atoms with E-state index in [1.807, 2.05) is 68.4 Å². The number of ether oxygens (including phenoxy) is 1. The number of hydrogen-bond acceptors (Lipinski definition) is 4. The van der Waals surface area contributed by atoms with E-state index in [-0.39, 0.29) is 24.5 Å². The van der Waals surface area contributed by atoms with Gasteiger partial charge in [0.2, 0.25) is 5.91 Å². The molecule has 3 N–H and O–H groups in total. The van der Waals surface area contributed by atoms with Gasteiger partial charge in [0, 0.05) is 24.3 Å². The van der Waals surface area contributed by atoms with Crippen LogP contribution in [0.25, 0.3) is 0 Å². The minimum Gasteiger partial charge on any atom is -0.491 e. The lowest BCUT2D eigenvalue weighted by Gasteiger charge is -2.11. The van der Waals surface area contributed by atoms with Crippen LogP contribution < -0.4 is 20.7 Å². The molecule has 0 atom stereocenters. The fourth-order valence-electron chi connectivity index (χ4n) is 3.02. The molecule has 0 saturated heterocycles. The lowest BCUT2D eigenvalue weighted by atomic mass is 10.1. The van der Waals surface area contributed by atoms with Gasteiger partial charge in [-0.3, -0.25) is 9.59 Å². The van der Waals surface area contributed by atoms with E-state index in [1.54, 1.807) is 24.3 Å². The van der Waals surface area contributed by atoms with Crippen molar-refractivity contribution < 1.29 is 14.3 Å². The Morgan fingerprint density at radius 1 is 0.781 bits per heavy atom. The van der Waals surface area contributed by atoms with E-state index in [2.05, 4.69) is 16.0 Å². The Labute approximate surface area is 189 Å². The predicted octanol–water partition coefficient (Wildman–Crippen LogP) is 4.13. The Morgan fingerprint density at radius 3 is 2.06 bits per heavy atom. The van der Waals surface area contributed by atoms with Crippen molar-refractivity contribution in [3.05, 3.63) is 95.6 Å². The summed E-state index contributed by atoms with van der Waals surface area (Å²) in [5.74, 6) is 0.564. The molecule has 0 bridgehead atoms. The fourth-order valence-corrected chi connectivity index (χ4v) is 3.02. The van der Waals surface area contributed by atoms with Crippen LogP contribution in [0.2, 0.25) is 0 Å². The quantitative estimate of drug-likeness (QED) is 0.451. The van der Waals surface area contributed by atoms with E-state index in [9.17, 15) is 9.59 Å². The molecule has 0 spiro atoms. The first-order chi connectivity index (χ1) is 15.5. The van der Waals surface area contributed by atoms with Crippen molar-refractivity contribution in [2.45, 2.75) is 33.0 Å². The number of hydrogen-bond donors (Lipinski definition) is 3. The summed E-state index contributed by atoms with van der Waals surface area (Å²) in [6.45, 7) is 5.04. The first-order valence-corrected chi connectivity index (χ1v) is 10.7. The van der Waals surface area contributed by atoms with Crippen LogP contribution >= 0.6 is 0 Å². The van der Waals surface area contributed by atoms with Crippen molar-refractivity contribution in [3.8, 4) is 5.75 Å². The molecule has 6 heteroatoms. The molecule has 0 aromatic heterocycles. The molecule has 3 rings (SSSR count). The molecule has 0 saturated carbocycles. The minimum atomic E-state index is -0.136. The van der Waals surface area contributed by atoms with E-state index < -0.39 is 0 Å². The monoisotopic (exact) mass is 431 g/mol. The number of anilines is 1. The summed E-state index contributed by atoms with van der Waals surface area (Å²) in [4.78, 5) is 24.4. The topological polar surface area (TPSA) is 79.5 Å². The van der Waals surface area contributed by atoms with Crippen LogP contribution in [0, 0.1) is 0 Å². The molecule has 6 nitrogen and oxygen atoms in total.